The summed E-state index contributed by atoms with van der Waals surface area (Å²) < 4.78 is 22.3. The second-order valence-corrected chi connectivity index (χ2v) is 9.93. The molecule has 0 amide bonds. The fraction of sp³-hybridized carbons (Fsp3) is 0.379. The van der Waals surface area contributed by atoms with Crippen molar-refractivity contribution in [1.29, 1.82) is 0 Å². The quantitative estimate of drug-likeness (QED) is 0.504. The molecule has 1 aromatic carbocycles. The number of benzene rings is 1. The molecular formula is C29H31FN4O2. The highest BCUT2D eigenvalue weighted by molar-refractivity contribution is 6.03. The molecule has 0 radical (unpaired) electrons. The van der Waals surface area contributed by atoms with Crippen LogP contribution in [0.5, 0.6) is 5.75 Å². The number of piperidine rings is 1. The molecule has 0 N–H and O–H groups in total. The zero-order valence-corrected chi connectivity index (χ0v) is 20.8. The van der Waals surface area contributed by atoms with Crippen molar-refractivity contribution in [2.45, 2.75) is 57.6 Å². The molecule has 2 aromatic rings. The molecule has 1 aromatic heterocycles. The summed E-state index contributed by atoms with van der Waals surface area (Å²) in [5.74, 6) is 1.43. The monoisotopic (exact) mass is 486 g/mol. The van der Waals surface area contributed by atoms with Gasteiger partial charge in [-0.25, -0.2) is 9.37 Å². The van der Waals surface area contributed by atoms with E-state index >= 15 is 0 Å². The molecule has 6 nitrogen and oxygen atoms in total. The van der Waals surface area contributed by atoms with E-state index < -0.39 is 5.72 Å². The number of nitrogens with zero attached hydrogens (tertiary/aromatic N) is 4. The summed E-state index contributed by atoms with van der Waals surface area (Å²) in [5, 5.41) is 4.64. The number of aromatic nitrogens is 2. The Kier molecular flexibility index (Phi) is 5.78. The first kappa shape index (κ1) is 22.8. The molecule has 1 saturated heterocycles. The van der Waals surface area contributed by atoms with Gasteiger partial charge < -0.3 is 19.0 Å². The van der Waals surface area contributed by atoms with Crippen LogP contribution in [0.4, 0.5) is 4.39 Å². The Balaban J connectivity index is 1.35. The normalized spacial score (nSPS) is 24.6. The van der Waals surface area contributed by atoms with Crippen molar-refractivity contribution in [3.05, 3.63) is 82.8 Å². The summed E-state index contributed by atoms with van der Waals surface area (Å²) in [4.78, 5) is 12.9. The zero-order valence-electron chi connectivity index (χ0n) is 20.8. The minimum atomic E-state index is -0.717. The summed E-state index contributed by atoms with van der Waals surface area (Å²) in [6.45, 7) is 2.81. The Morgan fingerprint density at radius 3 is 2.94 bits per heavy atom. The van der Waals surface area contributed by atoms with Gasteiger partial charge in [-0.2, -0.15) is 0 Å². The van der Waals surface area contributed by atoms with Crippen LogP contribution < -0.4 is 4.74 Å². The molecule has 0 bridgehead atoms. The number of imidazole rings is 1. The van der Waals surface area contributed by atoms with Crippen molar-refractivity contribution >= 4 is 11.9 Å². The standard InChI is InChI=1S/C29H31FN4O2/c1-20-18-33(19-31-20)26-12-11-21(16-27(26)35-2)15-23-9-6-14-34-28(23)32-36-29(34)13-4-3-7-22-8-5-10-24(30)17-25(22)29/h5,10-12,15-19H,3-4,6-9,13-14H2,1-2H3/b23-15+. The number of allylic oxidation sites excluding steroid dienone is 4. The Bertz CT molecular complexity index is 1350. The van der Waals surface area contributed by atoms with Crippen LogP contribution in [-0.4, -0.2) is 39.7 Å². The molecule has 2 aliphatic heterocycles. The van der Waals surface area contributed by atoms with Crippen LogP contribution in [0.2, 0.25) is 0 Å². The predicted octanol–water partition coefficient (Wildman–Crippen LogP) is 6.39. The van der Waals surface area contributed by atoms with Gasteiger partial charge in [0.2, 0.25) is 5.72 Å². The second kappa shape index (κ2) is 9.12. The van der Waals surface area contributed by atoms with Crippen LogP contribution in [0.15, 0.2) is 76.7 Å². The van der Waals surface area contributed by atoms with Crippen LogP contribution >= 0.6 is 0 Å². The summed E-state index contributed by atoms with van der Waals surface area (Å²) in [5.41, 5.74) is 5.58. The molecule has 1 spiro atoms. The molecule has 1 fully saturated rings. The number of amidine groups is 1. The lowest BCUT2D eigenvalue weighted by Crippen LogP contribution is -2.52. The smallest absolute Gasteiger partial charge is 0.237 e. The van der Waals surface area contributed by atoms with Crippen LogP contribution in [0.3, 0.4) is 0 Å². The van der Waals surface area contributed by atoms with Crippen molar-refractivity contribution in [1.82, 2.24) is 14.5 Å². The van der Waals surface area contributed by atoms with Gasteiger partial charge in [0.25, 0.3) is 0 Å². The van der Waals surface area contributed by atoms with Crippen molar-refractivity contribution in [3.8, 4) is 11.4 Å². The highest BCUT2D eigenvalue weighted by atomic mass is 19.1. The van der Waals surface area contributed by atoms with Crippen molar-refractivity contribution in [2.75, 3.05) is 13.7 Å². The van der Waals surface area contributed by atoms with Gasteiger partial charge in [0.1, 0.15) is 11.6 Å². The summed E-state index contributed by atoms with van der Waals surface area (Å²) in [6, 6.07) is 6.19. The first-order valence-corrected chi connectivity index (χ1v) is 12.8. The van der Waals surface area contributed by atoms with Gasteiger partial charge in [-0.05, 0) is 86.9 Å². The second-order valence-electron chi connectivity index (χ2n) is 9.93. The van der Waals surface area contributed by atoms with Gasteiger partial charge in [-0.15, -0.1) is 0 Å². The molecule has 3 heterocycles. The average molecular weight is 487 g/mol. The van der Waals surface area contributed by atoms with E-state index in [2.05, 4.69) is 33.2 Å². The minimum Gasteiger partial charge on any atom is -0.495 e. The molecule has 7 heteroatoms. The maximum atomic E-state index is 14.6. The van der Waals surface area contributed by atoms with Crippen LogP contribution in [0.25, 0.3) is 11.8 Å². The number of aryl methyl sites for hydroxylation is 1. The fourth-order valence-corrected chi connectivity index (χ4v) is 5.88. The number of methoxy groups -OCH3 is 1. The Morgan fingerprint density at radius 1 is 1.19 bits per heavy atom. The number of ether oxygens (including phenoxy) is 1. The number of fused-ring (bicyclic) bond motifs is 3. The average Bonchev–Trinajstić information content (AvgIpc) is 3.37. The Hall–Kier alpha value is -3.61. The SMILES string of the molecule is COc1cc(/C=C2\CCCN3C2=NOC32CCCCC3=C2C=C(F)C=CC3)ccc1-n1cnc(C)c1. The Labute approximate surface area is 211 Å². The van der Waals surface area contributed by atoms with E-state index in [1.165, 1.54) is 5.57 Å². The summed E-state index contributed by atoms with van der Waals surface area (Å²) in [7, 11) is 1.69. The zero-order chi connectivity index (χ0) is 24.7. The van der Waals surface area contributed by atoms with E-state index in [1.807, 2.05) is 29.8 Å². The van der Waals surface area contributed by atoms with Crippen molar-refractivity contribution < 1.29 is 14.0 Å². The topological polar surface area (TPSA) is 51.9 Å². The molecule has 186 valence electrons. The maximum Gasteiger partial charge on any atom is 0.237 e. The first-order valence-electron chi connectivity index (χ1n) is 12.8. The summed E-state index contributed by atoms with van der Waals surface area (Å²) >= 11 is 0. The lowest BCUT2D eigenvalue weighted by atomic mass is 9.89. The van der Waals surface area contributed by atoms with Crippen molar-refractivity contribution in [3.63, 3.8) is 0 Å². The van der Waals surface area contributed by atoms with Crippen LogP contribution in [-0.2, 0) is 4.84 Å². The first-order chi connectivity index (χ1) is 17.6. The molecule has 1 unspecified atom stereocenters. The summed E-state index contributed by atoms with van der Waals surface area (Å²) in [6.07, 6.45) is 17.7. The third kappa shape index (κ3) is 3.87. The van der Waals surface area contributed by atoms with Crippen LogP contribution in [0, 0.1) is 6.92 Å². The molecule has 4 aliphatic rings. The molecule has 0 saturated carbocycles. The number of hydrogen-bond acceptors (Lipinski definition) is 5. The number of oxime groups is 1. The lowest BCUT2D eigenvalue weighted by molar-refractivity contribution is -0.0731. The van der Waals surface area contributed by atoms with Gasteiger partial charge in [0.15, 0.2) is 5.84 Å². The lowest BCUT2D eigenvalue weighted by Gasteiger charge is -2.41. The van der Waals surface area contributed by atoms with E-state index in [1.54, 1.807) is 25.6 Å². The molecule has 6 rings (SSSR count). The van der Waals surface area contributed by atoms with Gasteiger partial charge in [0.05, 0.1) is 24.8 Å². The predicted molar refractivity (Wildman–Crippen MR) is 138 cm³/mol. The molecule has 1 atom stereocenters. The maximum absolute atomic E-state index is 14.6. The van der Waals surface area contributed by atoms with Gasteiger partial charge in [-0.1, -0.05) is 22.9 Å². The number of hydrogen-bond donors (Lipinski definition) is 0. The highest BCUT2D eigenvalue weighted by Gasteiger charge is 2.51. The molecular weight excluding hydrogens is 455 g/mol. The van der Waals surface area contributed by atoms with E-state index in [0.29, 0.717) is 0 Å². The minimum absolute atomic E-state index is 0.216. The third-order valence-electron chi connectivity index (χ3n) is 7.59. The molecule has 36 heavy (non-hydrogen) atoms. The Morgan fingerprint density at radius 2 is 2.11 bits per heavy atom. The van der Waals surface area contributed by atoms with E-state index in [4.69, 9.17) is 9.57 Å². The van der Waals surface area contributed by atoms with Gasteiger partial charge in [-0.3, -0.25) is 0 Å². The van der Waals surface area contributed by atoms with Crippen molar-refractivity contribution in [2.24, 2.45) is 5.16 Å². The van der Waals surface area contributed by atoms with E-state index in [0.717, 1.165) is 91.2 Å². The largest absolute Gasteiger partial charge is 0.495 e. The van der Waals surface area contributed by atoms with Gasteiger partial charge in [0, 0.05) is 24.7 Å². The number of rotatable bonds is 3. The third-order valence-corrected chi connectivity index (χ3v) is 7.59. The molecule has 2 aliphatic carbocycles. The van der Waals surface area contributed by atoms with Crippen LogP contribution in [0.1, 0.15) is 56.2 Å². The highest BCUT2D eigenvalue weighted by Crippen LogP contribution is 2.46. The van der Waals surface area contributed by atoms with E-state index in [-0.39, 0.29) is 5.83 Å². The fourth-order valence-electron chi connectivity index (χ4n) is 5.88. The van der Waals surface area contributed by atoms with E-state index in [9.17, 15) is 4.39 Å². The number of halogens is 1. The van der Waals surface area contributed by atoms with Gasteiger partial charge >= 0.3 is 0 Å².